The summed E-state index contributed by atoms with van der Waals surface area (Å²) in [5, 5.41) is 11.4. The molecule has 1 N–H and O–H groups in total. The molecular weight excluding hydrogens is 462 g/mol. The summed E-state index contributed by atoms with van der Waals surface area (Å²) in [7, 11) is 3.33. The van der Waals surface area contributed by atoms with E-state index in [4.69, 9.17) is 23.7 Å². The van der Waals surface area contributed by atoms with E-state index in [1.807, 2.05) is 42.5 Å². The fraction of sp³-hybridized carbons (Fsp3) is 0.536. The highest BCUT2D eigenvalue weighted by atomic mass is 16.6. The molecule has 0 bridgehead atoms. The van der Waals surface area contributed by atoms with Crippen LogP contribution in [0.25, 0.3) is 0 Å². The standard InChI is InChI=1S/C28H37NO7/c1-32-19-22-4-3-12-29(22)18-21(28(31)20-5-10-26-27(17-20)36-15-14-35-26)16-23(30)11-13-34-25-8-6-24(33-2)7-9-25/h5-10,17,21-22,28,31H,3-4,11-16,18-19H2,1-2H3/t21-,22?,28+/m1/s1. The van der Waals surface area contributed by atoms with E-state index >= 15 is 0 Å². The van der Waals surface area contributed by atoms with Crippen LogP contribution in [0.5, 0.6) is 23.0 Å². The number of rotatable bonds is 13. The summed E-state index contributed by atoms with van der Waals surface area (Å²) in [6.45, 7) is 3.49. The predicted molar refractivity (Wildman–Crippen MR) is 135 cm³/mol. The fourth-order valence-electron chi connectivity index (χ4n) is 4.96. The van der Waals surface area contributed by atoms with Gasteiger partial charge in [0.05, 0.1) is 26.4 Å². The third-order valence-corrected chi connectivity index (χ3v) is 6.88. The third kappa shape index (κ3) is 6.90. The molecule has 2 aliphatic heterocycles. The molecule has 1 fully saturated rings. The zero-order valence-electron chi connectivity index (χ0n) is 21.2. The number of benzene rings is 2. The van der Waals surface area contributed by atoms with Gasteiger partial charge in [-0.25, -0.2) is 0 Å². The summed E-state index contributed by atoms with van der Waals surface area (Å²) in [6, 6.07) is 13.1. The van der Waals surface area contributed by atoms with Gasteiger partial charge in [0, 0.05) is 38.5 Å². The molecule has 0 saturated carbocycles. The first-order valence-electron chi connectivity index (χ1n) is 12.7. The van der Waals surface area contributed by atoms with Crippen LogP contribution in [0.3, 0.4) is 0 Å². The summed E-state index contributed by atoms with van der Waals surface area (Å²) in [5.41, 5.74) is 0.731. The Bertz CT molecular complexity index is 980. The van der Waals surface area contributed by atoms with Crippen molar-refractivity contribution in [2.24, 2.45) is 5.92 Å². The van der Waals surface area contributed by atoms with Gasteiger partial charge in [0.25, 0.3) is 0 Å². The molecule has 0 radical (unpaired) electrons. The highest BCUT2D eigenvalue weighted by molar-refractivity contribution is 5.78. The number of aliphatic hydroxyl groups is 1. The van der Waals surface area contributed by atoms with Crippen molar-refractivity contribution >= 4 is 5.78 Å². The molecule has 4 rings (SSSR count). The molecule has 0 amide bonds. The summed E-state index contributed by atoms with van der Waals surface area (Å²) in [5.74, 6) is 2.56. The molecule has 1 saturated heterocycles. The van der Waals surface area contributed by atoms with E-state index in [0.717, 1.165) is 30.7 Å². The maximum absolute atomic E-state index is 13.0. The molecule has 0 aromatic heterocycles. The van der Waals surface area contributed by atoms with Gasteiger partial charge in [0.15, 0.2) is 11.5 Å². The Morgan fingerprint density at radius 2 is 1.83 bits per heavy atom. The molecule has 2 aromatic rings. The van der Waals surface area contributed by atoms with Gasteiger partial charge < -0.3 is 28.8 Å². The van der Waals surface area contributed by atoms with Crippen LogP contribution in [-0.2, 0) is 9.53 Å². The van der Waals surface area contributed by atoms with Crippen molar-refractivity contribution in [1.82, 2.24) is 4.90 Å². The minimum atomic E-state index is -0.809. The summed E-state index contributed by atoms with van der Waals surface area (Å²) in [4.78, 5) is 15.3. The van der Waals surface area contributed by atoms with E-state index in [2.05, 4.69) is 4.90 Å². The van der Waals surface area contributed by atoms with Crippen molar-refractivity contribution in [3.63, 3.8) is 0 Å². The number of hydrogen-bond acceptors (Lipinski definition) is 8. The molecule has 0 spiro atoms. The van der Waals surface area contributed by atoms with Crippen molar-refractivity contribution < 1.29 is 33.6 Å². The lowest BCUT2D eigenvalue weighted by Gasteiger charge is -2.31. The molecule has 196 valence electrons. The lowest BCUT2D eigenvalue weighted by Crippen LogP contribution is -2.39. The van der Waals surface area contributed by atoms with Crippen molar-refractivity contribution in [3.8, 4) is 23.0 Å². The minimum absolute atomic E-state index is 0.0626. The molecule has 0 aliphatic carbocycles. The lowest BCUT2D eigenvalue weighted by atomic mass is 9.89. The number of hydrogen-bond donors (Lipinski definition) is 1. The van der Waals surface area contributed by atoms with Crippen LogP contribution in [0, 0.1) is 5.92 Å². The monoisotopic (exact) mass is 499 g/mol. The quantitative estimate of drug-likeness (QED) is 0.447. The summed E-state index contributed by atoms with van der Waals surface area (Å²) in [6.07, 6.45) is 1.88. The Kier molecular flexibility index (Phi) is 9.44. The van der Waals surface area contributed by atoms with Crippen molar-refractivity contribution in [1.29, 1.82) is 0 Å². The average Bonchev–Trinajstić information content (AvgIpc) is 3.34. The molecule has 36 heavy (non-hydrogen) atoms. The van der Waals surface area contributed by atoms with E-state index in [9.17, 15) is 9.90 Å². The van der Waals surface area contributed by atoms with Gasteiger partial charge in [-0.05, 0) is 61.3 Å². The number of carbonyl (C=O) groups excluding carboxylic acids is 1. The van der Waals surface area contributed by atoms with E-state index in [1.165, 1.54) is 0 Å². The van der Waals surface area contributed by atoms with Crippen LogP contribution in [0.15, 0.2) is 42.5 Å². The number of carbonyl (C=O) groups is 1. The predicted octanol–water partition coefficient (Wildman–Crippen LogP) is 3.66. The maximum atomic E-state index is 13.0. The van der Waals surface area contributed by atoms with E-state index in [1.54, 1.807) is 14.2 Å². The Balaban J connectivity index is 1.40. The topological polar surface area (TPSA) is 86.7 Å². The van der Waals surface area contributed by atoms with E-state index in [0.29, 0.717) is 49.7 Å². The second-order valence-corrected chi connectivity index (χ2v) is 9.37. The number of Topliss-reactive ketones (excluding diaryl/α,β-unsaturated/α-hetero) is 1. The normalized spacial score (nSPS) is 19.0. The van der Waals surface area contributed by atoms with Crippen molar-refractivity contribution in [3.05, 3.63) is 48.0 Å². The van der Waals surface area contributed by atoms with Crippen LogP contribution in [0.2, 0.25) is 0 Å². The van der Waals surface area contributed by atoms with Crippen LogP contribution in [0.4, 0.5) is 0 Å². The Morgan fingerprint density at radius 3 is 2.58 bits per heavy atom. The number of aliphatic hydroxyl groups excluding tert-OH is 1. The third-order valence-electron chi connectivity index (χ3n) is 6.88. The van der Waals surface area contributed by atoms with Gasteiger partial charge in [0.1, 0.15) is 30.5 Å². The molecule has 2 aliphatic rings. The molecule has 3 atom stereocenters. The van der Waals surface area contributed by atoms with Gasteiger partial charge >= 0.3 is 0 Å². The minimum Gasteiger partial charge on any atom is -0.497 e. The zero-order chi connectivity index (χ0) is 25.3. The number of ketones is 1. The number of ether oxygens (including phenoxy) is 5. The molecular formula is C28H37NO7. The first-order chi connectivity index (χ1) is 17.6. The van der Waals surface area contributed by atoms with Crippen LogP contribution in [-0.4, -0.2) is 75.6 Å². The number of likely N-dealkylation sites (tertiary alicyclic amines) is 1. The van der Waals surface area contributed by atoms with Gasteiger partial charge in [-0.1, -0.05) is 6.07 Å². The number of fused-ring (bicyclic) bond motifs is 1. The second kappa shape index (κ2) is 12.9. The SMILES string of the molecule is COCC1CCCN1C[C@@H](CC(=O)CCOc1ccc(OC)cc1)[C@@H](O)c1ccc2c(c1)OCCO2. The fourth-order valence-corrected chi connectivity index (χ4v) is 4.96. The maximum Gasteiger partial charge on any atom is 0.161 e. The first-order valence-corrected chi connectivity index (χ1v) is 12.7. The smallest absolute Gasteiger partial charge is 0.161 e. The highest BCUT2D eigenvalue weighted by Gasteiger charge is 2.32. The Morgan fingerprint density at radius 1 is 1.08 bits per heavy atom. The molecule has 2 heterocycles. The molecule has 8 heteroatoms. The summed E-state index contributed by atoms with van der Waals surface area (Å²) >= 11 is 0. The van der Waals surface area contributed by atoms with Crippen LogP contribution < -0.4 is 18.9 Å². The van der Waals surface area contributed by atoms with E-state index < -0.39 is 6.10 Å². The van der Waals surface area contributed by atoms with E-state index in [-0.39, 0.29) is 31.1 Å². The van der Waals surface area contributed by atoms with Gasteiger partial charge in [-0.2, -0.15) is 0 Å². The Hall–Kier alpha value is -2.81. The van der Waals surface area contributed by atoms with Crippen molar-refractivity contribution in [2.75, 3.05) is 53.7 Å². The summed E-state index contributed by atoms with van der Waals surface area (Å²) < 4.78 is 27.7. The second-order valence-electron chi connectivity index (χ2n) is 9.37. The van der Waals surface area contributed by atoms with Gasteiger partial charge in [-0.3, -0.25) is 9.69 Å². The van der Waals surface area contributed by atoms with Crippen LogP contribution >= 0.6 is 0 Å². The Labute approximate surface area is 213 Å². The molecule has 1 unspecified atom stereocenters. The molecule has 8 nitrogen and oxygen atoms in total. The lowest BCUT2D eigenvalue weighted by molar-refractivity contribution is -0.121. The first kappa shape index (κ1) is 26.3. The highest BCUT2D eigenvalue weighted by Crippen LogP contribution is 2.36. The van der Waals surface area contributed by atoms with Gasteiger partial charge in [0.2, 0.25) is 0 Å². The number of methoxy groups -OCH3 is 2. The van der Waals surface area contributed by atoms with Crippen molar-refractivity contribution in [2.45, 2.75) is 37.8 Å². The average molecular weight is 500 g/mol. The largest absolute Gasteiger partial charge is 0.497 e. The number of nitrogens with zero attached hydrogens (tertiary/aromatic N) is 1. The van der Waals surface area contributed by atoms with Gasteiger partial charge in [-0.15, -0.1) is 0 Å². The molecule has 2 aromatic carbocycles. The zero-order valence-corrected chi connectivity index (χ0v) is 21.2. The van der Waals surface area contributed by atoms with Crippen LogP contribution in [0.1, 0.15) is 37.4 Å².